The van der Waals surface area contributed by atoms with E-state index in [0.29, 0.717) is 58.1 Å². The molecule has 0 N–H and O–H groups in total. The van der Waals surface area contributed by atoms with Crippen LogP contribution in [0.3, 0.4) is 0 Å². The monoisotopic (exact) mass is 691 g/mol. The number of para-hydroxylation sites is 1. The minimum Gasteiger partial charge on any atom is -0.494 e. The molecule has 0 fully saturated rings. The number of aryl methyl sites for hydroxylation is 1. The summed E-state index contributed by atoms with van der Waals surface area (Å²) in [6, 6.07) is 16.2. The third-order valence-electron chi connectivity index (χ3n) is 6.27. The van der Waals surface area contributed by atoms with Crippen molar-refractivity contribution in [2.24, 2.45) is 0 Å². The summed E-state index contributed by atoms with van der Waals surface area (Å²) >= 11 is 3.73. The van der Waals surface area contributed by atoms with E-state index in [-0.39, 0.29) is 18.4 Å². The number of hydrogen-bond acceptors (Lipinski definition) is 10. The summed E-state index contributed by atoms with van der Waals surface area (Å²) in [4.78, 5) is 27.1. The fourth-order valence-electron chi connectivity index (χ4n) is 4.43. The number of carbonyl (C=O) groups is 2. The van der Waals surface area contributed by atoms with Crippen LogP contribution in [-0.4, -0.2) is 70.3 Å². The van der Waals surface area contributed by atoms with Gasteiger partial charge in [0.2, 0.25) is 11.8 Å². The number of aromatic nitrogens is 3. The van der Waals surface area contributed by atoms with Gasteiger partial charge in [-0.2, -0.15) is 0 Å². The maximum Gasteiger partial charge on any atom is 0.261 e. The quantitative estimate of drug-likeness (QED) is 0.105. The Morgan fingerprint density at radius 3 is 2.17 bits per heavy atom. The summed E-state index contributed by atoms with van der Waals surface area (Å²) in [7, 11) is 4.87. The second-order valence-corrected chi connectivity index (χ2v) is 12.2. The maximum absolute atomic E-state index is 12.9. The predicted molar refractivity (Wildman–Crippen MR) is 165 cm³/mol. The first-order valence-electron chi connectivity index (χ1n) is 12.3. The number of carbonyl (C=O) groups excluding carboxylic acids is 2. The highest BCUT2D eigenvalue weighted by molar-refractivity contribution is 14.2. The molecule has 1 aliphatic rings. The van der Waals surface area contributed by atoms with Gasteiger partial charge in [0.25, 0.3) is 11.8 Å². The summed E-state index contributed by atoms with van der Waals surface area (Å²) in [6.45, 7) is 2.74. The fourth-order valence-corrected chi connectivity index (χ4v) is 6.33. The highest BCUT2D eigenvalue weighted by atomic mass is 127. The molecule has 5 rings (SSSR count). The molecular formula is C27H26IN5O5S2. The number of methoxy groups -OCH3 is 2. The van der Waals surface area contributed by atoms with Crippen molar-refractivity contribution in [2.75, 3.05) is 43.1 Å². The number of fused-ring (bicyclic) bond motifs is 1. The molecule has 13 heteroatoms. The molecule has 10 nitrogen and oxygen atoms in total. The van der Waals surface area contributed by atoms with Crippen LogP contribution in [-0.2, 0) is 0 Å². The molecule has 40 heavy (non-hydrogen) atoms. The number of hydrogen-bond donors (Lipinski definition) is 0. The van der Waals surface area contributed by atoms with Gasteiger partial charge in [0.05, 0.1) is 25.3 Å². The fraction of sp³-hybridized carbons (Fsp3) is 0.259. The molecule has 0 atom stereocenters. The van der Waals surface area contributed by atoms with Gasteiger partial charge >= 0.3 is 0 Å². The van der Waals surface area contributed by atoms with Crippen LogP contribution in [0.2, 0.25) is 0 Å². The van der Waals surface area contributed by atoms with Crippen molar-refractivity contribution in [3.8, 4) is 28.8 Å². The third-order valence-corrected chi connectivity index (χ3v) is 8.95. The van der Waals surface area contributed by atoms with Crippen LogP contribution in [0.25, 0.3) is 17.3 Å². The van der Waals surface area contributed by atoms with Crippen molar-refractivity contribution in [3.63, 3.8) is 0 Å². The molecule has 2 aromatic carbocycles. The minimum atomic E-state index is -0.270. The van der Waals surface area contributed by atoms with Gasteiger partial charge in [-0.05, 0) is 76.5 Å². The van der Waals surface area contributed by atoms with E-state index in [1.54, 1.807) is 47.4 Å². The summed E-state index contributed by atoms with van der Waals surface area (Å²) < 4.78 is 21.3. The highest BCUT2D eigenvalue weighted by Crippen LogP contribution is 2.40. The van der Waals surface area contributed by atoms with Crippen LogP contribution in [0.5, 0.6) is 11.5 Å². The molecule has 4 aromatic rings. The number of nitrogens with zero attached hydrogens (tertiary/aromatic N) is 5. The molecule has 0 saturated carbocycles. The SMILES string of the molecule is COc1cccc(OC)c1-n1c(-c2ccc(C)o2)nnc1N(CCSI)SCCN1C(=O)c2ccccc2C1=O. The standard InChI is InChI=1S/C27H26IN5O5S2/c1-17-11-12-22(38-17)24-29-30-27(33(24)23-20(36-2)9-6-10-21(23)37-3)32(14-15-39-28)40-16-13-31-25(34)18-7-4-5-8-19(18)26(31)35/h4-12H,13-16H2,1-3H3. The molecule has 0 radical (unpaired) electrons. The molecule has 2 aromatic heterocycles. The number of ether oxygens (including phenoxy) is 2. The first kappa shape index (κ1) is 28.4. The molecule has 1 aliphatic heterocycles. The van der Waals surface area contributed by atoms with Gasteiger partial charge in [0.1, 0.15) is 22.9 Å². The largest absolute Gasteiger partial charge is 0.494 e. The Hall–Kier alpha value is -3.17. The average molecular weight is 692 g/mol. The molecule has 0 saturated heterocycles. The third kappa shape index (κ3) is 5.41. The second kappa shape index (κ2) is 12.6. The van der Waals surface area contributed by atoms with Gasteiger partial charge in [-0.15, -0.1) is 10.2 Å². The van der Waals surface area contributed by atoms with Crippen LogP contribution in [0.4, 0.5) is 5.95 Å². The zero-order valence-corrected chi connectivity index (χ0v) is 25.8. The van der Waals surface area contributed by atoms with Crippen molar-refractivity contribution < 1.29 is 23.5 Å². The Morgan fingerprint density at radius 2 is 1.60 bits per heavy atom. The number of halogens is 1. The van der Waals surface area contributed by atoms with Gasteiger partial charge in [0, 0.05) is 24.6 Å². The average Bonchev–Trinajstić information content (AvgIpc) is 3.67. The molecule has 0 aliphatic carbocycles. The van der Waals surface area contributed by atoms with Gasteiger partial charge in [-0.3, -0.25) is 23.4 Å². The highest BCUT2D eigenvalue weighted by Gasteiger charge is 2.35. The Bertz CT molecular complexity index is 1480. The van der Waals surface area contributed by atoms with E-state index >= 15 is 0 Å². The van der Waals surface area contributed by atoms with Gasteiger partial charge in [0.15, 0.2) is 5.76 Å². The minimum absolute atomic E-state index is 0.251. The van der Waals surface area contributed by atoms with E-state index in [0.717, 1.165) is 11.5 Å². The van der Waals surface area contributed by atoms with Crippen LogP contribution >= 0.6 is 42.1 Å². The van der Waals surface area contributed by atoms with Gasteiger partial charge in [-0.25, -0.2) is 0 Å². The molecular weight excluding hydrogens is 665 g/mol. The molecule has 0 unspecified atom stereocenters. The van der Waals surface area contributed by atoms with Crippen molar-refractivity contribution in [3.05, 3.63) is 71.5 Å². The lowest BCUT2D eigenvalue weighted by atomic mass is 10.1. The van der Waals surface area contributed by atoms with E-state index < -0.39 is 0 Å². The van der Waals surface area contributed by atoms with E-state index in [1.165, 1.54) is 16.8 Å². The summed E-state index contributed by atoms with van der Waals surface area (Å²) in [5.41, 5.74) is 1.51. The molecule has 2 amide bonds. The molecule has 0 spiro atoms. The van der Waals surface area contributed by atoms with Gasteiger partial charge < -0.3 is 13.9 Å². The summed E-state index contributed by atoms with van der Waals surface area (Å²) in [5.74, 6) is 4.17. The zero-order chi connectivity index (χ0) is 28.2. The normalized spacial score (nSPS) is 12.7. The lowest BCUT2D eigenvalue weighted by molar-refractivity contribution is 0.0664. The first-order chi connectivity index (χ1) is 19.5. The van der Waals surface area contributed by atoms with E-state index in [9.17, 15) is 9.59 Å². The Labute approximate surface area is 252 Å². The summed E-state index contributed by atoms with van der Waals surface area (Å²) in [6.07, 6.45) is 0. The van der Waals surface area contributed by atoms with Crippen molar-refractivity contribution in [1.29, 1.82) is 0 Å². The smallest absolute Gasteiger partial charge is 0.261 e. The van der Waals surface area contributed by atoms with E-state index in [2.05, 4.69) is 31.4 Å². The number of furan rings is 1. The maximum atomic E-state index is 12.9. The molecule has 208 valence electrons. The predicted octanol–water partition coefficient (Wildman–Crippen LogP) is 5.69. The lowest BCUT2D eigenvalue weighted by Crippen LogP contribution is -2.33. The zero-order valence-electron chi connectivity index (χ0n) is 22.0. The van der Waals surface area contributed by atoms with Crippen molar-refractivity contribution >= 4 is 59.8 Å². The number of imide groups is 1. The Balaban J connectivity index is 1.50. The molecule has 0 bridgehead atoms. The van der Waals surface area contributed by atoms with Crippen LogP contribution in [0.15, 0.2) is 59.0 Å². The Morgan fingerprint density at radius 1 is 0.925 bits per heavy atom. The Kier molecular flexibility index (Phi) is 8.90. The van der Waals surface area contributed by atoms with Crippen molar-refractivity contribution in [1.82, 2.24) is 19.7 Å². The van der Waals surface area contributed by atoms with Crippen molar-refractivity contribution in [2.45, 2.75) is 6.92 Å². The number of benzene rings is 2. The first-order valence-corrected chi connectivity index (χ1v) is 16.8. The topological polar surface area (TPSA) is 103 Å². The number of rotatable bonds is 12. The lowest BCUT2D eigenvalue weighted by Gasteiger charge is -2.25. The summed E-state index contributed by atoms with van der Waals surface area (Å²) in [5, 5.41) is 9.10. The number of amides is 2. The van der Waals surface area contributed by atoms with E-state index in [1.807, 2.05) is 46.1 Å². The molecule has 3 heterocycles. The van der Waals surface area contributed by atoms with Crippen LogP contribution in [0.1, 0.15) is 26.5 Å². The van der Waals surface area contributed by atoms with Crippen LogP contribution < -0.4 is 13.8 Å². The van der Waals surface area contributed by atoms with Gasteiger partial charge in [-0.1, -0.05) is 27.1 Å². The number of anilines is 1. The van der Waals surface area contributed by atoms with E-state index in [4.69, 9.17) is 13.9 Å². The van der Waals surface area contributed by atoms with Crippen LogP contribution in [0, 0.1) is 6.92 Å². The second-order valence-electron chi connectivity index (χ2n) is 8.64.